The standard InChI is InChI=1S/C18H20N2O2S/c1-11-6-4-7-12(10-11)16(21)19-17-15(18(22)20(2)3)13-8-5-9-14(13)23-17/h4,6-7,10H,5,8-9H2,1-3H3,(H,19,21). The maximum Gasteiger partial charge on any atom is 0.256 e. The molecule has 0 atom stereocenters. The quantitative estimate of drug-likeness (QED) is 0.937. The number of benzene rings is 1. The van der Waals surface area contributed by atoms with Crippen LogP contribution in [0, 0.1) is 6.92 Å². The van der Waals surface area contributed by atoms with Gasteiger partial charge in [0.2, 0.25) is 0 Å². The Hall–Kier alpha value is -2.14. The zero-order valence-corrected chi connectivity index (χ0v) is 14.4. The molecule has 1 aliphatic carbocycles. The van der Waals surface area contributed by atoms with E-state index < -0.39 is 0 Å². The summed E-state index contributed by atoms with van der Waals surface area (Å²) in [5, 5.41) is 3.63. The molecule has 1 heterocycles. The Morgan fingerprint density at radius 1 is 1.22 bits per heavy atom. The first kappa shape index (κ1) is 15.7. The van der Waals surface area contributed by atoms with Crippen LogP contribution < -0.4 is 5.32 Å². The lowest BCUT2D eigenvalue weighted by atomic mass is 10.1. The highest BCUT2D eigenvalue weighted by atomic mass is 32.1. The summed E-state index contributed by atoms with van der Waals surface area (Å²) in [5.74, 6) is -0.203. The Balaban J connectivity index is 1.94. The molecule has 0 aliphatic heterocycles. The van der Waals surface area contributed by atoms with Gasteiger partial charge in [0.05, 0.1) is 5.56 Å². The van der Waals surface area contributed by atoms with E-state index in [2.05, 4.69) is 5.32 Å². The van der Waals surface area contributed by atoms with Gasteiger partial charge in [0, 0.05) is 24.5 Å². The summed E-state index contributed by atoms with van der Waals surface area (Å²) in [6.07, 6.45) is 3.00. The second kappa shape index (κ2) is 6.16. The van der Waals surface area contributed by atoms with Gasteiger partial charge in [-0.2, -0.15) is 0 Å². The Morgan fingerprint density at radius 3 is 2.70 bits per heavy atom. The van der Waals surface area contributed by atoms with Crippen molar-refractivity contribution in [3.63, 3.8) is 0 Å². The van der Waals surface area contributed by atoms with Gasteiger partial charge >= 0.3 is 0 Å². The molecule has 2 aromatic rings. The van der Waals surface area contributed by atoms with Gasteiger partial charge in [-0.25, -0.2) is 0 Å². The lowest BCUT2D eigenvalue weighted by Gasteiger charge is -2.13. The molecule has 0 radical (unpaired) electrons. The summed E-state index contributed by atoms with van der Waals surface area (Å²) >= 11 is 1.54. The lowest BCUT2D eigenvalue weighted by molar-refractivity contribution is 0.0828. The molecule has 5 heteroatoms. The summed E-state index contributed by atoms with van der Waals surface area (Å²) in [5.41, 5.74) is 3.44. The Kier molecular flexibility index (Phi) is 4.22. The first-order valence-electron chi connectivity index (χ1n) is 7.71. The number of hydrogen-bond donors (Lipinski definition) is 1. The molecule has 0 fully saturated rings. The van der Waals surface area contributed by atoms with Crippen LogP contribution in [0.25, 0.3) is 0 Å². The molecule has 0 spiro atoms. The van der Waals surface area contributed by atoms with E-state index in [9.17, 15) is 9.59 Å². The fourth-order valence-electron chi connectivity index (χ4n) is 2.90. The lowest BCUT2D eigenvalue weighted by Crippen LogP contribution is -2.24. The smallest absolute Gasteiger partial charge is 0.256 e. The number of nitrogens with one attached hydrogen (secondary N) is 1. The molecule has 4 nitrogen and oxygen atoms in total. The molecule has 0 saturated carbocycles. The molecule has 0 saturated heterocycles. The van der Waals surface area contributed by atoms with E-state index in [4.69, 9.17) is 0 Å². The van der Waals surface area contributed by atoms with Gasteiger partial charge in [-0.15, -0.1) is 11.3 Å². The minimum absolute atomic E-state index is 0.0380. The van der Waals surface area contributed by atoms with E-state index in [1.54, 1.807) is 36.4 Å². The summed E-state index contributed by atoms with van der Waals surface area (Å²) in [7, 11) is 3.49. The van der Waals surface area contributed by atoms with Crippen LogP contribution in [0.5, 0.6) is 0 Å². The Labute approximate surface area is 140 Å². The zero-order valence-electron chi connectivity index (χ0n) is 13.6. The number of amides is 2. The minimum atomic E-state index is -0.165. The maximum absolute atomic E-state index is 12.5. The van der Waals surface area contributed by atoms with Gasteiger partial charge in [0.15, 0.2) is 0 Å². The second-order valence-corrected chi connectivity index (χ2v) is 7.19. The number of aryl methyl sites for hydroxylation is 2. The third kappa shape index (κ3) is 3.01. The number of thiophene rings is 1. The average molecular weight is 328 g/mol. The predicted octanol–water partition coefficient (Wildman–Crippen LogP) is 3.50. The van der Waals surface area contributed by atoms with Crippen LogP contribution in [0.2, 0.25) is 0 Å². The van der Waals surface area contributed by atoms with Crippen LogP contribution in [0.4, 0.5) is 5.00 Å². The van der Waals surface area contributed by atoms with Crippen molar-refractivity contribution in [3.05, 3.63) is 51.4 Å². The third-order valence-electron chi connectivity index (χ3n) is 4.05. The van der Waals surface area contributed by atoms with Crippen LogP contribution in [-0.4, -0.2) is 30.8 Å². The van der Waals surface area contributed by atoms with E-state index >= 15 is 0 Å². The van der Waals surface area contributed by atoms with Crippen molar-refractivity contribution in [1.29, 1.82) is 0 Å². The van der Waals surface area contributed by atoms with E-state index in [0.717, 1.165) is 30.4 Å². The minimum Gasteiger partial charge on any atom is -0.345 e. The van der Waals surface area contributed by atoms with Crippen molar-refractivity contribution >= 4 is 28.2 Å². The summed E-state index contributed by atoms with van der Waals surface area (Å²) < 4.78 is 0. The molecule has 23 heavy (non-hydrogen) atoms. The highest BCUT2D eigenvalue weighted by Crippen LogP contribution is 2.39. The third-order valence-corrected chi connectivity index (χ3v) is 5.26. The molecule has 1 aromatic heterocycles. The van der Waals surface area contributed by atoms with Crippen LogP contribution in [0.3, 0.4) is 0 Å². The number of anilines is 1. The highest BCUT2D eigenvalue weighted by molar-refractivity contribution is 7.17. The molecule has 1 aliphatic rings. The number of carbonyl (C=O) groups is 2. The normalized spacial score (nSPS) is 12.8. The average Bonchev–Trinajstić information content (AvgIpc) is 3.06. The van der Waals surface area contributed by atoms with E-state index in [-0.39, 0.29) is 11.8 Å². The Bertz CT molecular complexity index is 777. The predicted molar refractivity (Wildman–Crippen MR) is 93.5 cm³/mol. The molecule has 3 rings (SSSR count). The zero-order chi connectivity index (χ0) is 16.6. The van der Waals surface area contributed by atoms with Crippen LogP contribution in [-0.2, 0) is 12.8 Å². The van der Waals surface area contributed by atoms with Gasteiger partial charge in [0.25, 0.3) is 11.8 Å². The Morgan fingerprint density at radius 2 is 2.00 bits per heavy atom. The fourth-order valence-corrected chi connectivity index (χ4v) is 4.18. The van der Waals surface area contributed by atoms with Gasteiger partial charge < -0.3 is 10.2 Å². The fraction of sp³-hybridized carbons (Fsp3) is 0.333. The number of carbonyl (C=O) groups excluding carboxylic acids is 2. The number of nitrogens with zero attached hydrogens (tertiary/aromatic N) is 1. The first-order chi connectivity index (χ1) is 11.0. The van der Waals surface area contributed by atoms with E-state index in [1.165, 1.54) is 4.88 Å². The summed E-state index contributed by atoms with van der Waals surface area (Å²) in [4.78, 5) is 27.9. The second-order valence-electron chi connectivity index (χ2n) is 6.08. The molecule has 0 bridgehead atoms. The van der Waals surface area contributed by atoms with Gasteiger partial charge in [0.1, 0.15) is 5.00 Å². The molecular formula is C18H20N2O2S. The van der Waals surface area contributed by atoms with Crippen molar-refractivity contribution in [2.45, 2.75) is 26.2 Å². The SMILES string of the molecule is Cc1cccc(C(=O)Nc2sc3c(c2C(=O)N(C)C)CCC3)c1. The topological polar surface area (TPSA) is 49.4 Å². The van der Waals surface area contributed by atoms with Crippen molar-refractivity contribution in [1.82, 2.24) is 4.90 Å². The molecule has 120 valence electrons. The van der Waals surface area contributed by atoms with E-state index in [1.807, 2.05) is 25.1 Å². The first-order valence-corrected chi connectivity index (χ1v) is 8.53. The largest absolute Gasteiger partial charge is 0.345 e. The van der Waals surface area contributed by atoms with Crippen molar-refractivity contribution in [3.8, 4) is 0 Å². The molecular weight excluding hydrogens is 308 g/mol. The molecule has 2 amide bonds. The van der Waals surface area contributed by atoms with Crippen LogP contribution >= 0.6 is 11.3 Å². The number of rotatable bonds is 3. The number of hydrogen-bond acceptors (Lipinski definition) is 3. The van der Waals surface area contributed by atoms with Gasteiger partial charge in [-0.3, -0.25) is 9.59 Å². The molecule has 1 N–H and O–H groups in total. The summed E-state index contributed by atoms with van der Waals surface area (Å²) in [6.45, 7) is 1.96. The van der Waals surface area contributed by atoms with E-state index in [0.29, 0.717) is 16.1 Å². The molecule has 0 unspecified atom stereocenters. The highest BCUT2D eigenvalue weighted by Gasteiger charge is 2.28. The number of fused-ring (bicyclic) bond motifs is 1. The summed E-state index contributed by atoms with van der Waals surface area (Å²) in [6, 6.07) is 7.46. The van der Waals surface area contributed by atoms with Gasteiger partial charge in [-0.1, -0.05) is 17.7 Å². The van der Waals surface area contributed by atoms with Gasteiger partial charge in [-0.05, 0) is 43.9 Å². The maximum atomic E-state index is 12.5. The monoisotopic (exact) mass is 328 g/mol. The van der Waals surface area contributed by atoms with Crippen LogP contribution in [0.1, 0.15) is 43.1 Å². The van der Waals surface area contributed by atoms with Crippen molar-refractivity contribution in [2.24, 2.45) is 0 Å². The van der Waals surface area contributed by atoms with Crippen molar-refractivity contribution in [2.75, 3.05) is 19.4 Å². The van der Waals surface area contributed by atoms with Crippen molar-refractivity contribution < 1.29 is 9.59 Å². The molecule has 1 aromatic carbocycles. The van der Waals surface area contributed by atoms with Crippen LogP contribution in [0.15, 0.2) is 24.3 Å².